The van der Waals surface area contributed by atoms with Gasteiger partial charge in [-0.25, -0.2) is 0 Å². The van der Waals surface area contributed by atoms with Crippen molar-refractivity contribution in [3.05, 3.63) is 48.8 Å². The number of carbonyl (C=O) groups is 1. The molecule has 17 heavy (non-hydrogen) atoms. The van der Waals surface area contributed by atoms with E-state index in [1.807, 2.05) is 53.4 Å². The number of carbonyl (C=O) groups excluding carboxylic acids is 1. The molecule has 3 rings (SSSR count). The predicted molar refractivity (Wildman–Crippen MR) is 67.1 cm³/mol. The van der Waals surface area contributed by atoms with Crippen LogP contribution in [0.25, 0.3) is 5.69 Å². The molecule has 0 atom stereocenters. The quantitative estimate of drug-likeness (QED) is 0.858. The smallest absolute Gasteiger partial charge is 0.227 e. The first kappa shape index (κ1) is 10.1. The Labute approximate surface area is 100 Å². The Balaban J connectivity index is 1.90. The zero-order chi connectivity index (χ0) is 11.7. The molecule has 86 valence electrons. The molecule has 0 aliphatic heterocycles. The highest BCUT2D eigenvalue weighted by Gasteiger charge is 2.29. The van der Waals surface area contributed by atoms with Crippen molar-refractivity contribution in [1.82, 2.24) is 4.57 Å². The summed E-state index contributed by atoms with van der Waals surface area (Å²) in [5.74, 6) is 0.373. The number of para-hydroxylation sites is 2. The monoisotopic (exact) mass is 226 g/mol. The van der Waals surface area contributed by atoms with Gasteiger partial charge < -0.3 is 9.88 Å². The van der Waals surface area contributed by atoms with Crippen LogP contribution in [0.5, 0.6) is 0 Å². The molecule has 0 bridgehead atoms. The molecular weight excluding hydrogens is 212 g/mol. The summed E-state index contributed by atoms with van der Waals surface area (Å²) < 4.78 is 2.00. The van der Waals surface area contributed by atoms with Crippen molar-refractivity contribution in [1.29, 1.82) is 0 Å². The van der Waals surface area contributed by atoms with Crippen molar-refractivity contribution in [2.45, 2.75) is 12.8 Å². The van der Waals surface area contributed by atoms with Gasteiger partial charge in [0.05, 0.1) is 11.4 Å². The number of nitrogens with one attached hydrogen (secondary N) is 1. The van der Waals surface area contributed by atoms with Crippen molar-refractivity contribution in [2.24, 2.45) is 5.92 Å². The lowest BCUT2D eigenvalue weighted by Crippen LogP contribution is -2.14. The van der Waals surface area contributed by atoms with Crippen LogP contribution in [-0.2, 0) is 4.79 Å². The molecule has 0 saturated heterocycles. The lowest BCUT2D eigenvalue weighted by Gasteiger charge is -2.11. The summed E-state index contributed by atoms with van der Waals surface area (Å²) in [6.07, 6.45) is 6.00. The second-order valence-electron chi connectivity index (χ2n) is 4.37. The lowest BCUT2D eigenvalue weighted by molar-refractivity contribution is -0.117. The molecule has 1 aromatic heterocycles. The van der Waals surface area contributed by atoms with E-state index in [1.165, 1.54) is 0 Å². The Morgan fingerprint density at radius 1 is 1.12 bits per heavy atom. The minimum Gasteiger partial charge on any atom is -0.324 e. The molecule has 1 N–H and O–H groups in total. The van der Waals surface area contributed by atoms with Crippen LogP contribution in [-0.4, -0.2) is 10.5 Å². The normalized spacial score (nSPS) is 14.6. The van der Waals surface area contributed by atoms with Gasteiger partial charge in [-0.05, 0) is 37.1 Å². The molecule has 1 fully saturated rings. The Bertz CT molecular complexity index is 527. The van der Waals surface area contributed by atoms with Gasteiger partial charge >= 0.3 is 0 Å². The van der Waals surface area contributed by atoms with Crippen molar-refractivity contribution in [3.63, 3.8) is 0 Å². The van der Waals surface area contributed by atoms with Crippen LogP contribution in [0.4, 0.5) is 5.69 Å². The number of aromatic nitrogens is 1. The molecule has 0 unspecified atom stereocenters. The molecule has 1 aliphatic rings. The molecular formula is C14H14N2O. The highest BCUT2D eigenvalue weighted by atomic mass is 16.2. The van der Waals surface area contributed by atoms with Gasteiger partial charge in [0.2, 0.25) is 5.91 Å². The first-order valence-electron chi connectivity index (χ1n) is 5.88. The van der Waals surface area contributed by atoms with Crippen LogP contribution < -0.4 is 5.32 Å². The van der Waals surface area contributed by atoms with E-state index < -0.39 is 0 Å². The number of hydrogen-bond donors (Lipinski definition) is 1. The van der Waals surface area contributed by atoms with E-state index in [0.717, 1.165) is 24.2 Å². The predicted octanol–water partition coefficient (Wildman–Crippen LogP) is 2.83. The average Bonchev–Trinajstić information content (AvgIpc) is 3.06. The second-order valence-corrected chi connectivity index (χ2v) is 4.37. The number of hydrogen-bond acceptors (Lipinski definition) is 1. The van der Waals surface area contributed by atoms with Crippen LogP contribution in [0.3, 0.4) is 0 Å². The van der Waals surface area contributed by atoms with Crippen LogP contribution in [0.1, 0.15) is 12.8 Å². The van der Waals surface area contributed by atoms with Gasteiger partial charge in [-0.2, -0.15) is 0 Å². The summed E-state index contributed by atoms with van der Waals surface area (Å²) in [5, 5.41) is 3.00. The number of amides is 1. The van der Waals surface area contributed by atoms with Crippen molar-refractivity contribution in [2.75, 3.05) is 5.32 Å². The standard InChI is InChI=1S/C14H14N2O/c17-14(11-7-8-11)15-12-5-1-2-6-13(12)16-9-3-4-10-16/h1-6,9-11H,7-8H2,(H,15,17). The molecule has 1 saturated carbocycles. The Kier molecular flexibility index (Phi) is 2.44. The van der Waals surface area contributed by atoms with Gasteiger partial charge in [-0.1, -0.05) is 12.1 Å². The summed E-state index contributed by atoms with van der Waals surface area (Å²) in [4.78, 5) is 11.8. The molecule has 0 radical (unpaired) electrons. The van der Waals surface area contributed by atoms with Gasteiger partial charge in [0.1, 0.15) is 0 Å². The van der Waals surface area contributed by atoms with Crippen LogP contribution in [0, 0.1) is 5.92 Å². The third-order valence-corrected chi connectivity index (χ3v) is 2.99. The SMILES string of the molecule is O=C(Nc1ccccc1-n1cccc1)C1CC1. The van der Waals surface area contributed by atoms with Crippen LogP contribution in [0.15, 0.2) is 48.8 Å². The summed E-state index contributed by atoms with van der Waals surface area (Å²) in [5.41, 5.74) is 1.88. The van der Waals surface area contributed by atoms with E-state index in [2.05, 4.69) is 5.32 Å². The van der Waals surface area contributed by atoms with Crippen molar-refractivity contribution in [3.8, 4) is 5.69 Å². The largest absolute Gasteiger partial charge is 0.324 e. The topological polar surface area (TPSA) is 34.0 Å². The highest BCUT2D eigenvalue weighted by molar-refractivity contribution is 5.95. The second kappa shape index (κ2) is 4.09. The lowest BCUT2D eigenvalue weighted by atomic mass is 10.2. The molecule has 0 spiro atoms. The van der Waals surface area contributed by atoms with E-state index in [9.17, 15) is 4.79 Å². The summed E-state index contributed by atoms with van der Waals surface area (Å²) in [6.45, 7) is 0. The van der Waals surface area contributed by atoms with Gasteiger partial charge in [0, 0.05) is 18.3 Å². The summed E-state index contributed by atoms with van der Waals surface area (Å²) >= 11 is 0. The Morgan fingerprint density at radius 2 is 1.82 bits per heavy atom. The van der Waals surface area contributed by atoms with E-state index in [-0.39, 0.29) is 11.8 Å². The summed E-state index contributed by atoms with van der Waals surface area (Å²) in [7, 11) is 0. The van der Waals surface area contributed by atoms with E-state index in [4.69, 9.17) is 0 Å². The third-order valence-electron chi connectivity index (χ3n) is 2.99. The molecule has 1 aliphatic carbocycles. The maximum Gasteiger partial charge on any atom is 0.227 e. The first-order valence-corrected chi connectivity index (χ1v) is 5.88. The Hall–Kier alpha value is -2.03. The average molecular weight is 226 g/mol. The maximum absolute atomic E-state index is 11.8. The van der Waals surface area contributed by atoms with Crippen molar-refractivity contribution < 1.29 is 4.79 Å². The fraction of sp³-hybridized carbons (Fsp3) is 0.214. The fourth-order valence-electron chi connectivity index (χ4n) is 1.88. The van der Waals surface area contributed by atoms with Crippen LogP contribution >= 0.6 is 0 Å². The van der Waals surface area contributed by atoms with E-state index in [0.29, 0.717) is 0 Å². The van der Waals surface area contributed by atoms with Gasteiger partial charge in [-0.3, -0.25) is 4.79 Å². The number of rotatable bonds is 3. The number of benzene rings is 1. The fourth-order valence-corrected chi connectivity index (χ4v) is 1.88. The van der Waals surface area contributed by atoms with Crippen molar-refractivity contribution >= 4 is 11.6 Å². The molecule has 1 aromatic carbocycles. The molecule has 1 amide bonds. The summed E-state index contributed by atoms with van der Waals surface area (Å²) in [6, 6.07) is 11.8. The van der Waals surface area contributed by atoms with E-state index in [1.54, 1.807) is 0 Å². The van der Waals surface area contributed by atoms with E-state index >= 15 is 0 Å². The van der Waals surface area contributed by atoms with Gasteiger partial charge in [-0.15, -0.1) is 0 Å². The maximum atomic E-state index is 11.8. The zero-order valence-corrected chi connectivity index (χ0v) is 9.47. The highest BCUT2D eigenvalue weighted by Crippen LogP contribution is 2.31. The molecule has 2 aromatic rings. The zero-order valence-electron chi connectivity index (χ0n) is 9.47. The minimum atomic E-state index is 0.143. The minimum absolute atomic E-state index is 0.143. The van der Waals surface area contributed by atoms with Gasteiger partial charge in [0.15, 0.2) is 0 Å². The number of anilines is 1. The molecule has 1 heterocycles. The van der Waals surface area contributed by atoms with Gasteiger partial charge in [0.25, 0.3) is 0 Å². The Morgan fingerprint density at radius 3 is 2.53 bits per heavy atom. The third kappa shape index (κ3) is 2.09. The molecule has 3 heteroatoms. The molecule has 3 nitrogen and oxygen atoms in total. The first-order chi connectivity index (χ1) is 8.34. The van der Waals surface area contributed by atoms with Crippen LogP contribution in [0.2, 0.25) is 0 Å². The number of nitrogens with zero attached hydrogens (tertiary/aromatic N) is 1.